The lowest BCUT2D eigenvalue weighted by Gasteiger charge is -2.18. The zero-order valence-electron chi connectivity index (χ0n) is 13.5. The van der Waals surface area contributed by atoms with Crippen molar-refractivity contribution in [3.05, 3.63) is 59.3 Å². The summed E-state index contributed by atoms with van der Waals surface area (Å²) in [4.78, 5) is 13.9. The largest absolute Gasteiger partial charge is 0.356 e. The predicted octanol–water partition coefficient (Wildman–Crippen LogP) is 3.79. The van der Waals surface area contributed by atoms with E-state index in [9.17, 15) is 4.79 Å². The first-order valence-corrected chi connectivity index (χ1v) is 7.48. The van der Waals surface area contributed by atoms with Gasteiger partial charge in [-0.3, -0.25) is 4.90 Å². The number of hydrogen-bond donors (Lipinski definition) is 1. The number of nitrogens with one attached hydrogen (secondary N) is 1. The summed E-state index contributed by atoms with van der Waals surface area (Å²) in [6.45, 7) is 4.34. The fourth-order valence-electron chi connectivity index (χ4n) is 2.46. The highest BCUT2D eigenvalue weighted by atomic mass is 16.5. The van der Waals surface area contributed by atoms with Gasteiger partial charge in [-0.05, 0) is 43.7 Å². The van der Waals surface area contributed by atoms with Crippen LogP contribution in [0, 0.1) is 13.8 Å². The number of amides is 2. The van der Waals surface area contributed by atoms with E-state index in [1.54, 1.807) is 11.9 Å². The van der Waals surface area contributed by atoms with Crippen LogP contribution in [0.25, 0.3) is 11.0 Å². The van der Waals surface area contributed by atoms with E-state index in [0.29, 0.717) is 6.54 Å². The Balaban J connectivity index is 1.72. The topological polar surface area (TPSA) is 58.4 Å². The van der Waals surface area contributed by atoms with Crippen molar-refractivity contribution >= 4 is 22.7 Å². The van der Waals surface area contributed by atoms with Crippen molar-refractivity contribution in [3.8, 4) is 0 Å². The standard InChI is InChI=1S/C18H19N3O2/c1-12-5-4-6-14(9-12)21(3)18(22)19-11-16-15-10-13(2)7-8-17(15)23-20-16/h4-10H,11H2,1-3H3,(H,19,22). The van der Waals surface area contributed by atoms with Crippen molar-refractivity contribution in [1.29, 1.82) is 0 Å². The van der Waals surface area contributed by atoms with Gasteiger partial charge in [0.1, 0.15) is 5.69 Å². The third-order valence-corrected chi connectivity index (χ3v) is 3.80. The zero-order chi connectivity index (χ0) is 16.4. The maximum Gasteiger partial charge on any atom is 0.321 e. The van der Waals surface area contributed by atoms with E-state index in [1.807, 2.05) is 56.3 Å². The zero-order valence-corrected chi connectivity index (χ0v) is 13.5. The molecule has 0 unspecified atom stereocenters. The first-order chi connectivity index (χ1) is 11.0. The molecule has 2 amide bonds. The molecule has 1 heterocycles. The van der Waals surface area contributed by atoms with Gasteiger partial charge in [0.15, 0.2) is 5.58 Å². The van der Waals surface area contributed by atoms with Gasteiger partial charge in [-0.25, -0.2) is 4.79 Å². The van der Waals surface area contributed by atoms with Crippen LogP contribution in [-0.4, -0.2) is 18.2 Å². The molecule has 23 heavy (non-hydrogen) atoms. The average Bonchev–Trinajstić information content (AvgIpc) is 2.94. The summed E-state index contributed by atoms with van der Waals surface area (Å²) in [5.74, 6) is 0. The molecule has 0 aliphatic heterocycles. The quantitative estimate of drug-likeness (QED) is 0.800. The summed E-state index contributed by atoms with van der Waals surface area (Å²) in [7, 11) is 1.75. The minimum absolute atomic E-state index is 0.181. The van der Waals surface area contributed by atoms with Crippen LogP contribution in [0.2, 0.25) is 0 Å². The van der Waals surface area contributed by atoms with Crippen LogP contribution < -0.4 is 10.2 Å². The molecular formula is C18H19N3O2. The summed E-state index contributed by atoms with van der Waals surface area (Å²) in [6, 6.07) is 13.5. The molecule has 3 rings (SSSR count). The molecule has 0 bridgehead atoms. The Hall–Kier alpha value is -2.82. The van der Waals surface area contributed by atoms with E-state index in [4.69, 9.17) is 4.52 Å². The first kappa shape index (κ1) is 15.1. The van der Waals surface area contributed by atoms with Crippen molar-refractivity contribution in [2.24, 2.45) is 0 Å². The van der Waals surface area contributed by atoms with Crippen LogP contribution in [0.3, 0.4) is 0 Å². The maximum absolute atomic E-state index is 12.3. The summed E-state index contributed by atoms with van der Waals surface area (Å²) in [5.41, 5.74) is 4.55. The maximum atomic E-state index is 12.3. The first-order valence-electron chi connectivity index (χ1n) is 7.48. The Kier molecular flexibility index (Phi) is 4.02. The molecule has 0 saturated carbocycles. The Labute approximate surface area is 134 Å². The lowest BCUT2D eigenvalue weighted by Crippen LogP contribution is -2.36. The van der Waals surface area contributed by atoms with Crippen molar-refractivity contribution < 1.29 is 9.32 Å². The van der Waals surface area contributed by atoms with E-state index < -0.39 is 0 Å². The molecule has 5 nitrogen and oxygen atoms in total. The normalized spacial score (nSPS) is 10.7. The van der Waals surface area contributed by atoms with Gasteiger partial charge in [0.25, 0.3) is 0 Å². The molecule has 118 valence electrons. The van der Waals surface area contributed by atoms with Crippen molar-refractivity contribution in [3.63, 3.8) is 0 Å². The average molecular weight is 309 g/mol. The molecule has 0 aliphatic rings. The lowest BCUT2D eigenvalue weighted by atomic mass is 10.1. The predicted molar refractivity (Wildman–Crippen MR) is 90.6 cm³/mol. The molecule has 0 spiro atoms. The number of nitrogens with zero attached hydrogens (tertiary/aromatic N) is 2. The van der Waals surface area contributed by atoms with Crippen molar-refractivity contribution in [1.82, 2.24) is 10.5 Å². The second-order valence-corrected chi connectivity index (χ2v) is 5.69. The van der Waals surface area contributed by atoms with Crippen molar-refractivity contribution in [2.45, 2.75) is 20.4 Å². The molecule has 1 aromatic heterocycles. The summed E-state index contributed by atoms with van der Waals surface area (Å²) in [6.07, 6.45) is 0. The van der Waals surface area contributed by atoms with E-state index in [1.165, 1.54) is 0 Å². The number of aromatic nitrogens is 1. The SMILES string of the molecule is Cc1cccc(N(C)C(=O)NCc2noc3ccc(C)cc23)c1. The number of anilines is 1. The number of urea groups is 1. The van der Waals surface area contributed by atoms with E-state index in [0.717, 1.165) is 33.5 Å². The highest BCUT2D eigenvalue weighted by Crippen LogP contribution is 2.20. The molecule has 0 aliphatic carbocycles. The minimum Gasteiger partial charge on any atom is -0.356 e. The molecule has 3 aromatic rings. The fourth-order valence-corrected chi connectivity index (χ4v) is 2.46. The van der Waals surface area contributed by atoms with Gasteiger partial charge in [0, 0.05) is 18.1 Å². The lowest BCUT2D eigenvalue weighted by molar-refractivity contribution is 0.247. The van der Waals surface area contributed by atoms with Crippen LogP contribution in [-0.2, 0) is 6.54 Å². The fraction of sp³-hybridized carbons (Fsp3) is 0.222. The number of benzene rings is 2. The number of carbonyl (C=O) groups is 1. The highest BCUT2D eigenvalue weighted by Gasteiger charge is 2.13. The molecule has 0 radical (unpaired) electrons. The molecule has 2 aromatic carbocycles. The van der Waals surface area contributed by atoms with Gasteiger partial charge in [0.05, 0.1) is 6.54 Å². The minimum atomic E-state index is -0.181. The number of fused-ring (bicyclic) bond motifs is 1. The molecule has 0 fully saturated rings. The van der Waals surface area contributed by atoms with Crippen LogP contribution in [0.15, 0.2) is 47.0 Å². The van der Waals surface area contributed by atoms with Crippen molar-refractivity contribution in [2.75, 3.05) is 11.9 Å². The summed E-state index contributed by atoms with van der Waals surface area (Å²) in [5, 5.41) is 7.86. The van der Waals surface area contributed by atoms with Gasteiger partial charge >= 0.3 is 6.03 Å². The molecule has 1 N–H and O–H groups in total. The Bertz CT molecular complexity index is 854. The molecule has 0 atom stereocenters. The summed E-state index contributed by atoms with van der Waals surface area (Å²) < 4.78 is 5.28. The van der Waals surface area contributed by atoms with Crippen LogP contribution in [0.5, 0.6) is 0 Å². The number of rotatable bonds is 3. The van der Waals surface area contributed by atoms with Gasteiger partial charge in [-0.2, -0.15) is 0 Å². The Morgan fingerprint density at radius 2 is 1.96 bits per heavy atom. The smallest absolute Gasteiger partial charge is 0.321 e. The number of carbonyl (C=O) groups excluding carboxylic acids is 1. The van der Waals surface area contributed by atoms with E-state index in [-0.39, 0.29) is 6.03 Å². The van der Waals surface area contributed by atoms with E-state index in [2.05, 4.69) is 10.5 Å². The van der Waals surface area contributed by atoms with Crippen LogP contribution in [0.1, 0.15) is 16.8 Å². The number of aryl methyl sites for hydroxylation is 2. The number of hydrogen-bond acceptors (Lipinski definition) is 3. The Morgan fingerprint density at radius 3 is 2.74 bits per heavy atom. The molecule has 0 saturated heterocycles. The third kappa shape index (κ3) is 3.18. The van der Waals surface area contributed by atoms with Crippen LogP contribution in [0.4, 0.5) is 10.5 Å². The third-order valence-electron chi connectivity index (χ3n) is 3.80. The summed E-state index contributed by atoms with van der Waals surface area (Å²) >= 11 is 0. The van der Waals surface area contributed by atoms with Gasteiger partial charge < -0.3 is 9.84 Å². The second-order valence-electron chi connectivity index (χ2n) is 5.69. The molecule has 5 heteroatoms. The van der Waals surface area contributed by atoms with Gasteiger partial charge in [-0.1, -0.05) is 28.9 Å². The Morgan fingerprint density at radius 1 is 1.17 bits per heavy atom. The van der Waals surface area contributed by atoms with Gasteiger partial charge in [0.2, 0.25) is 0 Å². The highest BCUT2D eigenvalue weighted by molar-refractivity contribution is 5.91. The second kappa shape index (κ2) is 6.12. The van der Waals surface area contributed by atoms with Gasteiger partial charge in [-0.15, -0.1) is 0 Å². The van der Waals surface area contributed by atoms with Crippen LogP contribution >= 0.6 is 0 Å². The van der Waals surface area contributed by atoms with E-state index >= 15 is 0 Å². The monoisotopic (exact) mass is 309 g/mol. The molecular weight excluding hydrogens is 290 g/mol.